The molecule has 2 nitrogen and oxygen atoms in total. The molecule has 1 saturated carbocycles. The van der Waals surface area contributed by atoms with Crippen molar-refractivity contribution in [1.82, 2.24) is 0 Å². The summed E-state index contributed by atoms with van der Waals surface area (Å²) in [6, 6.07) is 4.06. The van der Waals surface area contributed by atoms with Crippen LogP contribution in [0.1, 0.15) is 29.6 Å². The minimum Gasteiger partial charge on any atom is -0.496 e. The Morgan fingerprint density at radius 1 is 1.47 bits per heavy atom. The number of Topliss-reactive ketones (excluding diaryl/α,β-unsaturated/α-hetero) is 1. The van der Waals surface area contributed by atoms with Gasteiger partial charge < -0.3 is 4.74 Å². The predicted octanol–water partition coefficient (Wildman–Crippen LogP) is 2.82. The van der Waals surface area contributed by atoms with Crippen LogP contribution in [0.2, 0.25) is 0 Å². The van der Waals surface area contributed by atoms with E-state index in [-0.39, 0.29) is 17.5 Å². The third-order valence-electron chi connectivity index (χ3n) is 2.90. The summed E-state index contributed by atoms with van der Waals surface area (Å²) < 4.78 is 17.9. The molecule has 0 bridgehead atoms. The second-order valence-electron chi connectivity index (χ2n) is 3.84. The molecule has 1 aromatic carbocycles. The first kappa shape index (κ1) is 10.1. The maximum atomic E-state index is 12.9. The zero-order chi connectivity index (χ0) is 10.8. The lowest BCUT2D eigenvalue weighted by atomic mass is 9.80. The fourth-order valence-corrected chi connectivity index (χ4v) is 1.76. The van der Waals surface area contributed by atoms with Crippen molar-refractivity contribution in [2.24, 2.45) is 5.92 Å². The van der Waals surface area contributed by atoms with Gasteiger partial charge in [0.2, 0.25) is 0 Å². The van der Waals surface area contributed by atoms with Crippen LogP contribution in [0.5, 0.6) is 5.75 Å². The van der Waals surface area contributed by atoms with Gasteiger partial charge in [-0.2, -0.15) is 0 Å². The predicted molar refractivity (Wildman–Crippen MR) is 54.6 cm³/mol. The summed E-state index contributed by atoms with van der Waals surface area (Å²) in [5, 5.41) is 0. The van der Waals surface area contributed by atoms with Gasteiger partial charge in [-0.3, -0.25) is 4.79 Å². The molecule has 0 radical (unpaired) electrons. The maximum Gasteiger partial charge on any atom is 0.169 e. The Morgan fingerprint density at radius 3 is 2.73 bits per heavy atom. The number of methoxy groups -OCH3 is 1. The average molecular weight is 208 g/mol. The molecular formula is C12H13FO2. The highest BCUT2D eigenvalue weighted by molar-refractivity contribution is 6.00. The van der Waals surface area contributed by atoms with E-state index in [4.69, 9.17) is 4.74 Å². The first-order chi connectivity index (χ1) is 7.22. The van der Waals surface area contributed by atoms with Gasteiger partial charge in [0.25, 0.3) is 0 Å². The smallest absolute Gasteiger partial charge is 0.169 e. The number of carbonyl (C=O) groups excluding carboxylic acids is 1. The fraction of sp³-hybridized carbons (Fsp3) is 0.417. The Balaban J connectivity index is 2.29. The zero-order valence-corrected chi connectivity index (χ0v) is 8.63. The van der Waals surface area contributed by atoms with Crippen molar-refractivity contribution in [3.8, 4) is 5.75 Å². The van der Waals surface area contributed by atoms with E-state index >= 15 is 0 Å². The summed E-state index contributed by atoms with van der Waals surface area (Å²) in [7, 11) is 1.45. The van der Waals surface area contributed by atoms with Gasteiger partial charge in [0.1, 0.15) is 11.6 Å². The third kappa shape index (κ3) is 1.87. The molecule has 0 saturated heterocycles. The van der Waals surface area contributed by atoms with Gasteiger partial charge in [0.15, 0.2) is 5.78 Å². The van der Waals surface area contributed by atoms with Crippen molar-refractivity contribution in [1.29, 1.82) is 0 Å². The molecule has 0 amide bonds. The summed E-state index contributed by atoms with van der Waals surface area (Å²) >= 11 is 0. The number of ether oxygens (including phenoxy) is 1. The number of ketones is 1. The van der Waals surface area contributed by atoms with Gasteiger partial charge in [0, 0.05) is 12.0 Å². The summed E-state index contributed by atoms with van der Waals surface area (Å²) in [6.07, 6.45) is 3.00. The molecule has 1 fully saturated rings. The Labute approximate surface area is 88.1 Å². The lowest BCUT2D eigenvalue weighted by Gasteiger charge is -2.24. The van der Waals surface area contributed by atoms with Crippen LogP contribution in [-0.2, 0) is 0 Å². The molecular weight excluding hydrogens is 195 g/mol. The molecule has 1 aliphatic carbocycles. The van der Waals surface area contributed by atoms with Crippen molar-refractivity contribution < 1.29 is 13.9 Å². The molecule has 0 N–H and O–H groups in total. The lowest BCUT2D eigenvalue weighted by molar-refractivity contribution is 0.0852. The summed E-state index contributed by atoms with van der Waals surface area (Å²) in [6.45, 7) is 0. The van der Waals surface area contributed by atoms with Crippen LogP contribution in [0.25, 0.3) is 0 Å². The number of rotatable bonds is 3. The number of halogens is 1. The second-order valence-corrected chi connectivity index (χ2v) is 3.84. The molecule has 80 valence electrons. The van der Waals surface area contributed by atoms with Crippen LogP contribution in [0.3, 0.4) is 0 Å². The summed E-state index contributed by atoms with van der Waals surface area (Å²) in [5.41, 5.74) is 0.503. The van der Waals surface area contributed by atoms with E-state index < -0.39 is 0 Å². The van der Waals surface area contributed by atoms with Crippen LogP contribution in [0.4, 0.5) is 4.39 Å². The minimum absolute atomic E-state index is 0.0816. The van der Waals surface area contributed by atoms with Gasteiger partial charge in [-0.1, -0.05) is 6.42 Å². The summed E-state index contributed by atoms with van der Waals surface area (Å²) in [4.78, 5) is 11.9. The average Bonchev–Trinajstić information content (AvgIpc) is 2.14. The SMILES string of the molecule is COc1cc(F)ccc1C(=O)C1CCC1. The quantitative estimate of drug-likeness (QED) is 0.714. The topological polar surface area (TPSA) is 26.3 Å². The Morgan fingerprint density at radius 2 is 2.20 bits per heavy atom. The highest BCUT2D eigenvalue weighted by Gasteiger charge is 2.28. The van der Waals surface area contributed by atoms with Crippen molar-refractivity contribution in [3.05, 3.63) is 29.6 Å². The van der Waals surface area contributed by atoms with Gasteiger partial charge in [-0.15, -0.1) is 0 Å². The maximum absolute atomic E-state index is 12.9. The van der Waals surface area contributed by atoms with Gasteiger partial charge in [-0.05, 0) is 25.0 Å². The molecule has 0 atom stereocenters. The van der Waals surface area contributed by atoms with Gasteiger partial charge in [0.05, 0.1) is 12.7 Å². The number of benzene rings is 1. The van der Waals surface area contributed by atoms with E-state index in [9.17, 15) is 9.18 Å². The van der Waals surface area contributed by atoms with Crippen molar-refractivity contribution in [2.45, 2.75) is 19.3 Å². The molecule has 2 rings (SSSR count). The fourth-order valence-electron chi connectivity index (χ4n) is 1.76. The molecule has 15 heavy (non-hydrogen) atoms. The lowest BCUT2D eigenvalue weighted by Crippen LogP contribution is -2.22. The monoisotopic (exact) mass is 208 g/mol. The molecule has 3 heteroatoms. The molecule has 0 heterocycles. The van der Waals surface area contributed by atoms with Crippen LogP contribution in [0.15, 0.2) is 18.2 Å². The molecule has 0 aliphatic heterocycles. The van der Waals surface area contributed by atoms with Gasteiger partial charge >= 0.3 is 0 Å². The van der Waals surface area contributed by atoms with E-state index in [1.165, 1.54) is 25.3 Å². The van der Waals surface area contributed by atoms with E-state index in [2.05, 4.69) is 0 Å². The first-order valence-corrected chi connectivity index (χ1v) is 5.10. The molecule has 1 aliphatic rings. The number of hydrogen-bond acceptors (Lipinski definition) is 2. The van der Waals surface area contributed by atoms with Crippen molar-refractivity contribution in [3.63, 3.8) is 0 Å². The standard InChI is InChI=1S/C12H13FO2/c1-15-11-7-9(13)5-6-10(11)12(14)8-3-2-4-8/h5-8H,2-4H2,1H3. The molecule has 0 unspecified atom stereocenters. The Hall–Kier alpha value is -1.38. The largest absolute Gasteiger partial charge is 0.496 e. The third-order valence-corrected chi connectivity index (χ3v) is 2.90. The number of carbonyl (C=O) groups is 1. The van der Waals surface area contributed by atoms with Crippen LogP contribution in [0, 0.1) is 11.7 Å². The molecule has 1 aromatic rings. The highest BCUT2D eigenvalue weighted by Crippen LogP contribution is 2.32. The first-order valence-electron chi connectivity index (χ1n) is 5.10. The van der Waals surface area contributed by atoms with Crippen LogP contribution >= 0.6 is 0 Å². The van der Waals surface area contributed by atoms with E-state index in [1.807, 2.05) is 0 Å². The van der Waals surface area contributed by atoms with Crippen molar-refractivity contribution in [2.75, 3.05) is 7.11 Å². The highest BCUT2D eigenvalue weighted by atomic mass is 19.1. The minimum atomic E-state index is -0.378. The Kier molecular flexibility index (Phi) is 2.71. The molecule has 0 spiro atoms. The van der Waals surface area contributed by atoms with E-state index in [0.717, 1.165) is 19.3 Å². The zero-order valence-electron chi connectivity index (χ0n) is 8.63. The van der Waals surface area contributed by atoms with E-state index in [0.29, 0.717) is 11.3 Å². The van der Waals surface area contributed by atoms with Crippen LogP contribution < -0.4 is 4.74 Å². The van der Waals surface area contributed by atoms with Crippen molar-refractivity contribution >= 4 is 5.78 Å². The second kappa shape index (κ2) is 4.01. The molecule has 0 aromatic heterocycles. The normalized spacial score (nSPS) is 15.9. The van der Waals surface area contributed by atoms with E-state index in [1.54, 1.807) is 0 Å². The number of hydrogen-bond donors (Lipinski definition) is 0. The van der Waals surface area contributed by atoms with Crippen LogP contribution in [-0.4, -0.2) is 12.9 Å². The van der Waals surface area contributed by atoms with Gasteiger partial charge in [-0.25, -0.2) is 4.39 Å². The summed E-state index contributed by atoms with van der Waals surface area (Å²) in [5.74, 6) is 0.159. The Bertz CT molecular complexity index is 383.